The third-order valence-electron chi connectivity index (χ3n) is 0.689. The minimum absolute atomic E-state index is 0. The second-order valence-corrected chi connectivity index (χ2v) is 1.93. The quantitative estimate of drug-likeness (QED) is 0.231. The van der Waals surface area contributed by atoms with Gasteiger partial charge in [-0.3, -0.25) is 0 Å². The number of carbonyl (C=O) groups excluding carboxylic acids is 2. The fourth-order valence-electron chi connectivity index (χ4n) is 0.334. The van der Waals surface area contributed by atoms with Crippen molar-refractivity contribution in [3.05, 3.63) is 0 Å². The molecule has 0 rings (SSSR count). The summed E-state index contributed by atoms with van der Waals surface area (Å²) in [5, 5.41) is 16.2. The van der Waals surface area contributed by atoms with Crippen LogP contribution in [0.3, 0.4) is 0 Å². The molecule has 0 unspecified atom stereocenters. The first-order valence-electron chi connectivity index (χ1n) is 2.87. The van der Waals surface area contributed by atoms with Gasteiger partial charge in [0, 0.05) is 0 Å². The second kappa shape index (κ2) is 8.41. The Hall–Kier alpha value is -0.188. The van der Waals surface area contributed by atoms with Crippen molar-refractivity contribution >= 4 is 49.7 Å². The van der Waals surface area contributed by atoms with Gasteiger partial charge in [-0.05, 0) is 0 Å². The van der Waals surface area contributed by atoms with Gasteiger partial charge in [0.1, 0.15) is 6.61 Å². The molecule has 2 N–H and O–H groups in total. The number of rotatable bonds is 3. The van der Waals surface area contributed by atoms with E-state index in [1.165, 1.54) is 0 Å². The number of ether oxygens (including phenoxy) is 1. The maximum absolute atomic E-state index is 10.5. The maximum atomic E-state index is 10.5. The molecule has 0 radical (unpaired) electrons. The summed E-state index contributed by atoms with van der Waals surface area (Å²) in [5.41, 5.74) is 0. The van der Waals surface area contributed by atoms with Gasteiger partial charge in [0.15, 0.2) is 0 Å². The zero-order valence-electron chi connectivity index (χ0n) is 5.90. The van der Waals surface area contributed by atoms with Crippen LogP contribution in [0.25, 0.3) is 0 Å². The Bertz CT molecular complexity index is 176. The SMILES string of the molecule is O=C(OCCCl)C(=O)OB(O)O.[LiH]. The molecule has 0 aliphatic heterocycles. The molecule has 0 aromatic carbocycles. The number of hydrogen-bond acceptors (Lipinski definition) is 6. The Labute approximate surface area is 91.5 Å². The molecular weight excluding hydrogens is 197 g/mol. The fourth-order valence-corrected chi connectivity index (χ4v) is 0.411. The zero-order chi connectivity index (χ0) is 9.56. The first-order valence-corrected chi connectivity index (χ1v) is 3.41. The van der Waals surface area contributed by atoms with Gasteiger partial charge in [-0.25, -0.2) is 9.59 Å². The van der Waals surface area contributed by atoms with Gasteiger partial charge < -0.3 is 19.4 Å². The Kier molecular flexibility index (Phi) is 9.90. The van der Waals surface area contributed by atoms with E-state index in [1.807, 2.05) is 0 Å². The Morgan fingerprint density at radius 1 is 1.31 bits per heavy atom. The van der Waals surface area contributed by atoms with Gasteiger partial charge in [0.05, 0.1) is 5.88 Å². The van der Waals surface area contributed by atoms with E-state index in [1.54, 1.807) is 0 Å². The van der Waals surface area contributed by atoms with Crippen molar-refractivity contribution in [3.8, 4) is 0 Å². The predicted octanol–water partition coefficient (Wildman–Crippen LogP) is -2.37. The van der Waals surface area contributed by atoms with Crippen LogP contribution in [0.2, 0.25) is 0 Å². The summed E-state index contributed by atoms with van der Waals surface area (Å²) in [6.45, 7) is -0.142. The Morgan fingerprint density at radius 2 is 1.85 bits per heavy atom. The molecule has 0 atom stereocenters. The molecule has 0 saturated heterocycles. The Morgan fingerprint density at radius 3 is 2.23 bits per heavy atom. The molecule has 0 aromatic heterocycles. The summed E-state index contributed by atoms with van der Waals surface area (Å²) in [7, 11) is -2.32. The van der Waals surface area contributed by atoms with Crippen LogP contribution in [0.15, 0.2) is 0 Å². The molecule has 70 valence electrons. The molecular formula is C4H7BClLiO6. The molecule has 13 heavy (non-hydrogen) atoms. The Balaban J connectivity index is 0. The summed E-state index contributed by atoms with van der Waals surface area (Å²) >= 11 is 5.13. The van der Waals surface area contributed by atoms with E-state index >= 15 is 0 Å². The summed E-state index contributed by atoms with van der Waals surface area (Å²) in [6, 6.07) is 0. The third-order valence-corrected chi connectivity index (χ3v) is 0.844. The number of carbonyl (C=O) groups is 2. The van der Waals surface area contributed by atoms with Crippen LogP contribution < -0.4 is 0 Å². The van der Waals surface area contributed by atoms with Crippen LogP contribution in [0.1, 0.15) is 0 Å². The van der Waals surface area contributed by atoms with E-state index < -0.39 is 19.3 Å². The van der Waals surface area contributed by atoms with Crippen LogP contribution in [-0.2, 0) is 19.0 Å². The molecule has 0 saturated carbocycles. The number of halogens is 1. The van der Waals surface area contributed by atoms with Gasteiger partial charge in [-0.1, -0.05) is 0 Å². The zero-order valence-corrected chi connectivity index (χ0v) is 6.65. The first-order chi connectivity index (χ1) is 5.57. The van der Waals surface area contributed by atoms with Crippen molar-refractivity contribution in [3.63, 3.8) is 0 Å². The van der Waals surface area contributed by atoms with E-state index in [9.17, 15) is 9.59 Å². The van der Waals surface area contributed by atoms with Crippen molar-refractivity contribution in [2.24, 2.45) is 0 Å². The summed E-state index contributed by atoms with van der Waals surface area (Å²) in [6.07, 6.45) is 0. The molecule has 0 heterocycles. The monoisotopic (exact) mass is 204 g/mol. The second-order valence-electron chi connectivity index (χ2n) is 1.56. The van der Waals surface area contributed by atoms with Crippen LogP contribution in [0.4, 0.5) is 0 Å². The number of alkyl halides is 1. The topological polar surface area (TPSA) is 93.1 Å². The number of esters is 1. The average Bonchev–Trinajstić information content (AvgIpc) is 1.98. The molecule has 0 bridgehead atoms. The molecule has 0 aromatic rings. The van der Waals surface area contributed by atoms with E-state index in [-0.39, 0.29) is 31.3 Å². The average molecular weight is 204 g/mol. The van der Waals surface area contributed by atoms with Crippen molar-refractivity contribution in [2.45, 2.75) is 0 Å². The molecule has 0 aliphatic rings. The molecule has 6 nitrogen and oxygen atoms in total. The van der Waals surface area contributed by atoms with Crippen molar-refractivity contribution in [1.29, 1.82) is 0 Å². The van der Waals surface area contributed by atoms with Gasteiger partial charge >= 0.3 is 38.1 Å². The molecule has 0 fully saturated rings. The molecule has 0 spiro atoms. The summed E-state index contributed by atoms with van der Waals surface area (Å²) in [5.74, 6) is -2.75. The predicted molar refractivity (Wildman–Crippen MR) is 45.1 cm³/mol. The van der Waals surface area contributed by atoms with Gasteiger partial charge in [0.2, 0.25) is 0 Å². The first kappa shape index (κ1) is 15.3. The van der Waals surface area contributed by atoms with E-state index in [0.29, 0.717) is 0 Å². The van der Waals surface area contributed by atoms with Gasteiger partial charge in [0.25, 0.3) is 0 Å². The van der Waals surface area contributed by atoms with Crippen molar-refractivity contribution < 1.29 is 29.0 Å². The molecule has 0 amide bonds. The van der Waals surface area contributed by atoms with Gasteiger partial charge in [-0.2, -0.15) is 0 Å². The van der Waals surface area contributed by atoms with Crippen LogP contribution in [-0.4, -0.2) is 60.7 Å². The van der Waals surface area contributed by atoms with Gasteiger partial charge in [-0.15, -0.1) is 11.6 Å². The van der Waals surface area contributed by atoms with Crippen LogP contribution in [0, 0.1) is 0 Å². The number of hydrogen-bond donors (Lipinski definition) is 2. The summed E-state index contributed by atoms with van der Waals surface area (Å²) in [4.78, 5) is 20.9. The molecule has 9 heteroatoms. The third kappa shape index (κ3) is 8.15. The summed E-state index contributed by atoms with van der Waals surface area (Å²) < 4.78 is 7.85. The normalized spacial score (nSPS) is 8.23. The van der Waals surface area contributed by atoms with E-state index in [4.69, 9.17) is 21.6 Å². The van der Waals surface area contributed by atoms with E-state index in [2.05, 4.69) is 9.39 Å². The van der Waals surface area contributed by atoms with E-state index in [0.717, 1.165) is 0 Å². The van der Waals surface area contributed by atoms with Crippen LogP contribution >= 0.6 is 11.6 Å². The fraction of sp³-hybridized carbons (Fsp3) is 0.500. The van der Waals surface area contributed by atoms with Crippen molar-refractivity contribution in [1.82, 2.24) is 0 Å². The van der Waals surface area contributed by atoms with Crippen LogP contribution in [0.5, 0.6) is 0 Å². The van der Waals surface area contributed by atoms with Crippen molar-refractivity contribution in [2.75, 3.05) is 12.5 Å². The standard InChI is InChI=1S/C4H6BClO6.Li.H/c6-1-2-11-3(7)4(8)12-5(9)10;;/h9-10H,1-2H2;;. The molecule has 0 aliphatic carbocycles. The minimum atomic E-state index is -2.32.